The summed E-state index contributed by atoms with van der Waals surface area (Å²) in [6.45, 7) is 1.82. The molecule has 3 aromatic carbocycles. The van der Waals surface area contributed by atoms with Gasteiger partial charge in [0.2, 0.25) is 0 Å². The fraction of sp³-hybridized carbons (Fsp3) is 0.167. The fourth-order valence-electron chi connectivity index (χ4n) is 3.54. The lowest BCUT2D eigenvalue weighted by Gasteiger charge is -2.35. The van der Waals surface area contributed by atoms with E-state index in [0.717, 1.165) is 17.7 Å². The van der Waals surface area contributed by atoms with Crippen LogP contribution in [0.3, 0.4) is 0 Å². The van der Waals surface area contributed by atoms with Gasteiger partial charge in [-0.1, -0.05) is 29.8 Å². The lowest BCUT2D eigenvalue weighted by Crippen LogP contribution is -2.49. The zero-order chi connectivity index (χ0) is 21.8. The highest BCUT2D eigenvalue weighted by Crippen LogP contribution is 2.23. The first-order chi connectivity index (χ1) is 15.0. The molecule has 7 heteroatoms. The van der Waals surface area contributed by atoms with Crippen molar-refractivity contribution in [3.05, 3.63) is 94.8 Å². The molecule has 1 N–H and O–H groups in total. The van der Waals surface area contributed by atoms with Gasteiger partial charge in [0, 0.05) is 41.6 Å². The van der Waals surface area contributed by atoms with Crippen LogP contribution in [0.4, 0.5) is 20.6 Å². The monoisotopic (exact) mass is 437 g/mol. The van der Waals surface area contributed by atoms with Crippen molar-refractivity contribution < 1.29 is 14.0 Å². The maximum atomic E-state index is 13.3. The van der Waals surface area contributed by atoms with Crippen LogP contribution in [0.15, 0.2) is 72.8 Å². The van der Waals surface area contributed by atoms with Crippen LogP contribution in [0.5, 0.6) is 0 Å². The Morgan fingerprint density at radius 3 is 2.45 bits per heavy atom. The summed E-state index contributed by atoms with van der Waals surface area (Å²) in [5.74, 6) is -0.758. The standard InChI is InChI=1S/C24H21ClFN3O2/c25-19-9-5-17(6-10-19)16-28-13-2-14-29(24(28)31)22-11-7-18(8-12-22)23(30)27-21-4-1-3-20(26)15-21/h1,3-12,15H,2,13-14,16H2,(H,27,30). The van der Waals surface area contributed by atoms with Crippen LogP contribution in [0, 0.1) is 5.82 Å². The Bertz CT molecular complexity index is 1090. The van der Waals surface area contributed by atoms with Crippen molar-refractivity contribution in [1.82, 2.24) is 4.90 Å². The van der Waals surface area contributed by atoms with Crippen molar-refractivity contribution in [2.75, 3.05) is 23.3 Å². The summed E-state index contributed by atoms with van der Waals surface area (Å²) >= 11 is 5.94. The Morgan fingerprint density at radius 2 is 1.74 bits per heavy atom. The minimum atomic E-state index is -0.417. The molecule has 0 radical (unpaired) electrons. The Hall–Kier alpha value is -3.38. The third-order valence-corrected chi connectivity index (χ3v) is 5.37. The number of halogens is 2. The summed E-state index contributed by atoms with van der Waals surface area (Å²) < 4.78 is 13.3. The van der Waals surface area contributed by atoms with E-state index in [4.69, 9.17) is 11.6 Å². The number of amides is 3. The molecule has 4 rings (SSSR count). The van der Waals surface area contributed by atoms with Crippen LogP contribution in [0.25, 0.3) is 0 Å². The Morgan fingerprint density at radius 1 is 1.00 bits per heavy atom. The molecule has 1 fully saturated rings. The Kier molecular flexibility index (Phi) is 6.18. The molecule has 0 bridgehead atoms. The van der Waals surface area contributed by atoms with E-state index < -0.39 is 5.82 Å². The average Bonchev–Trinajstić information content (AvgIpc) is 2.77. The molecule has 1 aliphatic rings. The third-order valence-electron chi connectivity index (χ3n) is 5.12. The molecule has 0 unspecified atom stereocenters. The first-order valence-corrected chi connectivity index (χ1v) is 10.4. The lowest BCUT2D eigenvalue weighted by atomic mass is 10.1. The van der Waals surface area contributed by atoms with E-state index in [9.17, 15) is 14.0 Å². The predicted molar refractivity (Wildman–Crippen MR) is 120 cm³/mol. The summed E-state index contributed by atoms with van der Waals surface area (Å²) in [5, 5.41) is 3.33. The van der Waals surface area contributed by atoms with Crippen molar-refractivity contribution in [3.8, 4) is 0 Å². The predicted octanol–water partition coefficient (Wildman–Crippen LogP) is 5.56. The number of carbonyl (C=O) groups excluding carboxylic acids is 2. The number of anilines is 2. The van der Waals surface area contributed by atoms with E-state index in [1.54, 1.807) is 40.1 Å². The third kappa shape index (κ3) is 5.03. The summed E-state index contributed by atoms with van der Waals surface area (Å²) in [5.41, 5.74) is 2.56. The van der Waals surface area contributed by atoms with Crippen molar-refractivity contribution in [3.63, 3.8) is 0 Å². The molecule has 0 aromatic heterocycles. The van der Waals surface area contributed by atoms with E-state index >= 15 is 0 Å². The van der Waals surface area contributed by atoms with Crippen molar-refractivity contribution in [2.45, 2.75) is 13.0 Å². The number of nitrogens with one attached hydrogen (secondary N) is 1. The number of carbonyl (C=O) groups is 2. The largest absolute Gasteiger partial charge is 0.324 e. The minimum absolute atomic E-state index is 0.0711. The SMILES string of the molecule is O=C(Nc1cccc(F)c1)c1ccc(N2CCCN(Cc3ccc(Cl)cc3)C2=O)cc1. The van der Waals surface area contributed by atoms with Gasteiger partial charge in [0.25, 0.3) is 5.91 Å². The zero-order valence-corrected chi connectivity index (χ0v) is 17.5. The maximum Gasteiger partial charge on any atom is 0.324 e. The maximum absolute atomic E-state index is 13.3. The molecule has 0 aliphatic carbocycles. The van der Waals surface area contributed by atoms with E-state index in [1.165, 1.54) is 18.2 Å². The van der Waals surface area contributed by atoms with E-state index in [2.05, 4.69) is 5.32 Å². The molecule has 0 spiro atoms. The number of rotatable bonds is 5. The van der Waals surface area contributed by atoms with Crippen LogP contribution in [-0.4, -0.2) is 29.9 Å². The molecule has 1 heterocycles. The van der Waals surface area contributed by atoms with E-state index in [0.29, 0.717) is 35.9 Å². The zero-order valence-electron chi connectivity index (χ0n) is 16.7. The van der Waals surface area contributed by atoms with Gasteiger partial charge in [0.05, 0.1) is 0 Å². The lowest BCUT2D eigenvalue weighted by molar-refractivity contribution is 0.102. The molecule has 5 nitrogen and oxygen atoms in total. The van der Waals surface area contributed by atoms with Crippen LogP contribution in [0.1, 0.15) is 22.3 Å². The molecule has 0 atom stereocenters. The number of hydrogen-bond acceptors (Lipinski definition) is 2. The number of hydrogen-bond donors (Lipinski definition) is 1. The minimum Gasteiger partial charge on any atom is -0.322 e. The molecular weight excluding hydrogens is 417 g/mol. The summed E-state index contributed by atoms with van der Waals surface area (Å²) in [7, 11) is 0. The van der Waals surface area contributed by atoms with Crippen molar-refractivity contribution >= 4 is 34.9 Å². The Labute approximate surface area is 185 Å². The van der Waals surface area contributed by atoms with Crippen LogP contribution >= 0.6 is 11.6 Å². The van der Waals surface area contributed by atoms with E-state index in [1.807, 2.05) is 24.3 Å². The second-order valence-electron chi connectivity index (χ2n) is 7.35. The average molecular weight is 438 g/mol. The second kappa shape index (κ2) is 9.18. The second-order valence-corrected chi connectivity index (χ2v) is 7.78. The van der Waals surface area contributed by atoms with Gasteiger partial charge in [0.1, 0.15) is 5.82 Å². The van der Waals surface area contributed by atoms with Gasteiger partial charge in [0.15, 0.2) is 0 Å². The van der Waals surface area contributed by atoms with Gasteiger partial charge >= 0.3 is 6.03 Å². The van der Waals surface area contributed by atoms with Crippen LogP contribution in [0.2, 0.25) is 5.02 Å². The normalized spacial score (nSPS) is 13.9. The molecular formula is C24H21ClFN3O2. The molecule has 31 heavy (non-hydrogen) atoms. The van der Waals surface area contributed by atoms with Gasteiger partial charge in [-0.05, 0) is 66.6 Å². The molecule has 158 valence electrons. The Balaban J connectivity index is 1.43. The highest BCUT2D eigenvalue weighted by molar-refractivity contribution is 6.30. The van der Waals surface area contributed by atoms with Crippen LogP contribution < -0.4 is 10.2 Å². The van der Waals surface area contributed by atoms with Crippen LogP contribution in [-0.2, 0) is 6.54 Å². The quantitative estimate of drug-likeness (QED) is 0.567. The number of urea groups is 1. The summed E-state index contributed by atoms with van der Waals surface area (Å²) in [6, 6.07) is 20.0. The van der Waals surface area contributed by atoms with E-state index in [-0.39, 0.29) is 11.9 Å². The van der Waals surface area contributed by atoms with Gasteiger partial charge in [-0.15, -0.1) is 0 Å². The first kappa shape index (κ1) is 20.9. The molecule has 0 saturated carbocycles. The fourth-order valence-corrected chi connectivity index (χ4v) is 3.67. The number of benzene rings is 3. The van der Waals surface area contributed by atoms with Crippen molar-refractivity contribution in [2.24, 2.45) is 0 Å². The molecule has 1 aliphatic heterocycles. The summed E-state index contributed by atoms with van der Waals surface area (Å²) in [4.78, 5) is 28.9. The van der Waals surface area contributed by atoms with Gasteiger partial charge < -0.3 is 10.2 Å². The van der Waals surface area contributed by atoms with Crippen molar-refractivity contribution in [1.29, 1.82) is 0 Å². The highest BCUT2D eigenvalue weighted by Gasteiger charge is 2.26. The molecule has 3 amide bonds. The smallest absolute Gasteiger partial charge is 0.322 e. The van der Waals surface area contributed by atoms with Gasteiger partial charge in [-0.3, -0.25) is 9.69 Å². The molecule has 1 saturated heterocycles. The molecule has 3 aromatic rings. The highest BCUT2D eigenvalue weighted by atomic mass is 35.5. The van der Waals surface area contributed by atoms with Gasteiger partial charge in [-0.25, -0.2) is 9.18 Å². The topological polar surface area (TPSA) is 52.7 Å². The summed E-state index contributed by atoms with van der Waals surface area (Å²) in [6.07, 6.45) is 0.848. The first-order valence-electron chi connectivity index (χ1n) is 9.97. The number of nitrogens with zero attached hydrogens (tertiary/aromatic N) is 2. The van der Waals surface area contributed by atoms with Gasteiger partial charge in [-0.2, -0.15) is 0 Å².